The van der Waals surface area contributed by atoms with Crippen LogP contribution in [-0.4, -0.2) is 48.6 Å². The van der Waals surface area contributed by atoms with Crippen LogP contribution in [0, 0.1) is 11.3 Å². The molecule has 0 aromatic carbocycles. The smallest absolute Gasteiger partial charge is 0.191 e. The first kappa shape index (κ1) is 19.0. The molecule has 0 aromatic heterocycles. The first-order valence-corrected chi connectivity index (χ1v) is 8.15. The highest BCUT2D eigenvalue weighted by atomic mass is 127. The first-order chi connectivity index (χ1) is 9.33. The van der Waals surface area contributed by atoms with Crippen molar-refractivity contribution in [2.75, 3.05) is 19.6 Å². The highest BCUT2D eigenvalue weighted by Crippen LogP contribution is 2.44. The molecule has 2 N–H and O–H groups in total. The molecule has 4 nitrogen and oxygen atoms in total. The zero-order valence-electron chi connectivity index (χ0n) is 14.4. The molecule has 1 aliphatic heterocycles. The van der Waals surface area contributed by atoms with Crippen LogP contribution in [0.2, 0.25) is 0 Å². The van der Waals surface area contributed by atoms with Crippen LogP contribution in [0.4, 0.5) is 0 Å². The van der Waals surface area contributed by atoms with E-state index >= 15 is 0 Å². The molecule has 0 amide bonds. The molecule has 1 heterocycles. The fraction of sp³-hybridized carbons (Fsp3) is 0.938. The van der Waals surface area contributed by atoms with Crippen molar-refractivity contribution in [3.63, 3.8) is 0 Å². The van der Waals surface area contributed by atoms with E-state index in [9.17, 15) is 0 Å². The van der Waals surface area contributed by atoms with Crippen molar-refractivity contribution in [1.29, 1.82) is 0 Å². The lowest BCUT2D eigenvalue weighted by Gasteiger charge is -2.22. The van der Waals surface area contributed by atoms with Crippen LogP contribution in [0.15, 0.2) is 4.99 Å². The normalized spacial score (nSPS) is 32.0. The molecule has 5 heteroatoms. The summed E-state index contributed by atoms with van der Waals surface area (Å²) >= 11 is 0. The van der Waals surface area contributed by atoms with Crippen LogP contribution >= 0.6 is 24.0 Å². The van der Waals surface area contributed by atoms with Crippen molar-refractivity contribution in [3.8, 4) is 0 Å². The molecule has 3 unspecified atom stereocenters. The Morgan fingerprint density at radius 2 is 1.90 bits per heavy atom. The van der Waals surface area contributed by atoms with Gasteiger partial charge in [-0.3, -0.25) is 9.89 Å². The Kier molecular flexibility index (Phi) is 6.78. The maximum absolute atomic E-state index is 4.61. The molecule has 1 saturated heterocycles. The average Bonchev–Trinajstić information content (AvgIpc) is 2.77. The fourth-order valence-electron chi connectivity index (χ4n) is 2.96. The van der Waals surface area contributed by atoms with Gasteiger partial charge in [-0.2, -0.15) is 0 Å². The van der Waals surface area contributed by atoms with E-state index in [0.29, 0.717) is 29.5 Å². The lowest BCUT2D eigenvalue weighted by molar-refractivity contribution is 0.265. The number of hydrogen-bond acceptors (Lipinski definition) is 2. The van der Waals surface area contributed by atoms with Gasteiger partial charge in [-0.15, -0.1) is 24.0 Å². The van der Waals surface area contributed by atoms with Crippen molar-refractivity contribution in [3.05, 3.63) is 0 Å². The zero-order chi connectivity index (χ0) is 14.9. The van der Waals surface area contributed by atoms with Crippen LogP contribution < -0.4 is 10.6 Å². The Hall–Kier alpha value is -0.0400. The fourth-order valence-corrected chi connectivity index (χ4v) is 2.96. The summed E-state index contributed by atoms with van der Waals surface area (Å²) in [5, 5.41) is 7.25. The summed E-state index contributed by atoms with van der Waals surface area (Å²) in [6.45, 7) is 16.8. The SMILES string of the molecule is CCN=C(NC1CN(C(C)C)CC1C)NC1CC1(C)C.I. The summed E-state index contributed by atoms with van der Waals surface area (Å²) in [5.74, 6) is 1.68. The number of likely N-dealkylation sites (tertiary alicyclic amines) is 1. The van der Waals surface area contributed by atoms with Crippen LogP contribution in [-0.2, 0) is 0 Å². The van der Waals surface area contributed by atoms with Gasteiger partial charge in [0.1, 0.15) is 0 Å². The summed E-state index contributed by atoms with van der Waals surface area (Å²) in [6, 6.07) is 1.72. The molecule has 0 aromatic rings. The predicted molar refractivity (Wildman–Crippen MR) is 102 cm³/mol. The van der Waals surface area contributed by atoms with Crippen molar-refractivity contribution in [2.45, 2.75) is 66.1 Å². The molecule has 3 atom stereocenters. The van der Waals surface area contributed by atoms with Gasteiger partial charge < -0.3 is 10.6 Å². The van der Waals surface area contributed by atoms with Gasteiger partial charge in [0.15, 0.2) is 5.96 Å². The van der Waals surface area contributed by atoms with Gasteiger partial charge in [-0.1, -0.05) is 20.8 Å². The second-order valence-corrected chi connectivity index (χ2v) is 7.49. The van der Waals surface area contributed by atoms with E-state index < -0.39 is 0 Å². The second-order valence-electron chi connectivity index (χ2n) is 7.49. The van der Waals surface area contributed by atoms with Crippen LogP contribution in [0.25, 0.3) is 0 Å². The molecule has 124 valence electrons. The molecule has 0 radical (unpaired) electrons. The largest absolute Gasteiger partial charge is 0.353 e. The molecule has 0 bridgehead atoms. The van der Waals surface area contributed by atoms with Crippen LogP contribution in [0.5, 0.6) is 0 Å². The number of nitrogens with zero attached hydrogens (tertiary/aromatic N) is 2. The Morgan fingerprint density at radius 3 is 2.33 bits per heavy atom. The predicted octanol–water partition coefficient (Wildman–Crippen LogP) is 2.69. The van der Waals surface area contributed by atoms with Gasteiger partial charge >= 0.3 is 0 Å². The molecule has 2 fully saturated rings. The molecule has 0 spiro atoms. The number of nitrogens with one attached hydrogen (secondary N) is 2. The maximum Gasteiger partial charge on any atom is 0.191 e. The minimum atomic E-state index is 0. The minimum absolute atomic E-state index is 0. The third kappa shape index (κ3) is 4.98. The van der Waals surface area contributed by atoms with Crippen molar-refractivity contribution in [1.82, 2.24) is 15.5 Å². The third-order valence-electron chi connectivity index (χ3n) is 4.83. The highest BCUT2D eigenvalue weighted by Gasteiger charge is 2.46. The Labute approximate surface area is 147 Å². The monoisotopic (exact) mass is 408 g/mol. The average molecular weight is 408 g/mol. The van der Waals surface area contributed by atoms with Crippen LogP contribution in [0.3, 0.4) is 0 Å². The number of aliphatic imine (C=N–C) groups is 1. The molecule has 2 rings (SSSR count). The molecule has 21 heavy (non-hydrogen) atoms. The zero-order valence-corrected chi connectivity index (χ0v) is 16.8. The number of rotatable bonds is 4. The quantitative estimate of drug-likeness (QED) is 0.427. The summed E-state index contributed by atoms with van der Waals surface area (Å²) in [7, 11) is 0. The number of hydrogen-bond donors (Lipinski definition) is 2. The molecular weight excluding hydrogens is 375 g/mol. The topological polar surface area (TPSA) is 39.7 Å². The molecule has 1 saturated carbocycles. The Balaban J connectivity index is 0.00000220. The second kappa shape index (κ2) is 7.49. The summed E-state index contributed by atoms with van der Waals surface area (Å²) in [6.07, 6.45) is 1.25. The lowest BCUT2D eigenvalue weighted by Crippen LogP contribution is -2.48. The van der Waals surface area contributed by atoms with E-state index in [1.54, 1.807) is 0 Å². The summed E-state index contributed by atoms with van der Waals surface area (Å²) in [5.41, 5.74) is 0.432. The third-order valence-corrected chi connectivity index (χ3v) is 4.83. The first-order valence-electron chi connectivity index (χ1n) is 8.15. The molecular formula is C16H33IN4. The van der Waals surface area contributed by atoms with Gasteiger partial charge in [-0.05, 0) is 38.5 Å². The van der Waals surface area contributed by atoms with Gasteiger partial charge in [0.2, 0.25) is 0 Å². The van der Waals surface area contributed by atoms with Gasteiger partial charge in [0.05, 0.1) is 0 Å². The van der Waals surface area contributed by atoms with E-state index in [4.69, 9.17) is 0 Å². The van der Waals surface area contributed by atoms with Crippen molar-refractivity contribution in [2.24, 2.45) is 16.3 Å². The van der Waals surface area contributed by atoms with Crippen LogP contribution in [0.1, 0.15) is 48.0 Å². The number of guanidine groups is 1. The number of halogens is 1. The van der Waals surface area contributed by atoms with E-state index in [1.807, 2.05) is 0 Å². The molecule has 1 aliphatic carbocycles. The molecule has 2 aliphatic rings. The van der Waals surface area contributed by atoms with Crippen molar-refractivity contribution < 1.29 is 0 Å². The van der Waals surface area contributed by atoms with Gasteiger partial charge in [-0.25, -0.2) is 0 Å². The van der Waals surface area contributed by atoms with E-state index in [0.717, 1.165) is 19.0 Å². The van der Waals surface area contributed by atoms with E-state index in [2.05, 4.69) is 62.1 Å². The van der Waals surface area contributed by atoms with Crippen molar-refractivity contribution >= 4 is 29.9 Å². The Bertz CT molecular complexity index is 367. The van der Waals surface area contributed by atoms with E-state index in [1.165, 1.54) is 13.0 Å². The minimum Gasteiger partial charge on any atom is -0.353 e. The standard InChI is InChI=1S/C16H32N4.HI/c1-7-17-15(19-14-8-16(14,5)6)18-13-10-20(11(2)3)9-12(13)4;/h11-14H,7-10H2,1-6H3,(H2,17,18,19);1H. The lowest BCUT2D eigenvalue weighted by atomic mass is 10.1. The van der Waals surface area contributed by atoms with Gasteiger partial charge in [0, 0.05) is 37.8 Å². The van der Waals surface area contributed by atoms with E-state index in [-0.39, 0.29) is 24.0 Å². The maximum atomic E-state index is 4.61. The highest BCUT2D eigenvalue weighted by molar-refractivity contribution is 14.0. The van der Waals surface area contributed by atoms with Gasteiger partial charge in [0.25, 0.3) is 0 Å². The summed E-state index contributed by atoms with van der Waals surface area (Å²) in [4.78, 5) is 7.16. The Morgan fingerprint density at radius 1 is 1.29 bits per heavy atom. The summed E-state index contributed by atoms with van der Waals surface area (Å²) < 4.78 is 0.